The zero-order chi connectivity index (χ0) is 14.4. The van der Waals surface area contributed by atoms with Crippen molar-refractivity contribution in [1.82, 2.24) is 0 Å². The van der Waals surface area contributed by atoms with Crippen LogP contribution in [0.2, 0.25) is 0 Å². The van der Waals surface area contributed by atoms with Crippen molar-refractivity contribution in [3.63, 3.8) is 0 Å². The molecule has 104 valence electrons. The Labute approximate surface area is 109 Å². The van der Waals surface area contributed by atoms with E-state index < -0.39 is 17.9 Å². The Morgan fingerprint density at radius 3 is 2.26 bits per heavy atom. The van der Waals surface area contributed by atoms with Crippen molar-refractivity contribution in [3.8, 4) is 5.75 Å². The van der Waals surface area contributed by atoms with Crippen LogP contribution in [-0.4, -0.2) is 46.4 Å². The van der Waals surface area contributed by atoms with E-state index in [0.29, 0.717) is 5.69 Å². The summed E-state index contributed by atoms with van der Waals surface area (Å²) in [4.78, 5) is 23.5. The summed E-state index contributed by atoms with van der Waals surface area (Å²) in [5.74, 6) is -1.91. The standard InChI is InChI=1S/C12H16N2O5/c13-11(17)7-10(12(18)19)14(5-6-15)8-1-3-9(16)4-2-8/h1-4,10,15-16H,5-7H2,(H2,13,17)(H,18,19)/t10-/m0/s1. The number of amides is 1. The molecular formula is C12H16N2O5. The maximum atomic E-state index is 11.2. The number of aromatic hydroxyl groups is 1. The number of aliphatic carboxylic acids is 1. The van der Waals surface area contributed by atoms with Crippen LogP contribution in [0.25, 0.3) is 0 Å². The summed E-state index contributed by atoms with van der Waals surface area (Å²) < 4.78 is 0. The van der Waals surface area contributed by atoms with Crippen molar-refractivity contribution in [2.45, 2.75) is 12.5 Å². The van der Waals surface area contributed by atoms with E-state index in [9.17, 15) is 14.7 Å². The molecule has 0 unspecified atom stereocenters. The van der Waals surface area contributed by atoms with Gasteiger partial charge in [-0.05, 0) is 24.3 Å². The van der Waals surface area contributed by atoms with Gasteiger partial charge in [-0.3, -0.25) is 4.79 Å². The number of primary amides is 1. The lowest BCUT2D eigenvalue weighted by Crippen LogP contribution is -2.45. The largest absolute Gasteiger partial charge is 0.508 e. The Bertz CT molecular complexity index is 446. The normalized spacial score (nSPS) is 11.8. The van der Waals surface area contributed by atoms with Crippen molar-refractivity contribution in [3.05, 3.63) is 24.3 Å². The van der Waals surface area contributed by atoms with E-state index in [1.165, 1.54) is 29.2 Å². The highest BCUT2D eigenvalue weighted by atomic mass is 16.4. The van der Waals surface area contributed by atoms with Gasteiger partial charge >= 0.3 is 5.97 Å². The highest BCUT2D eigenvalue weighted by Crippen LogP contribution is 2.21. The molecule has 7 nitrogen and oxygen atoms in total. The Morgan fingerprint density at radius 2 is 1.84 bits per heavy atom. The average molecular weight is 268 g/mol. The first-order valence-electron chi connectivity index (χ1n) is 5.63. The van der Waals surface area contributed by atoms with Crippen LogP contribution in [0.1, 0.15) is 6.42 Å². The molecular weight excluding hydrogens is 252 g/mol. The lowest BCUT2D eigenvalue weighted by Gasteiger charge is -2.29. The molecule has 19 heavy (non-hydrogen) atoms. The summed E-state index contributed by atoms with van der Waals surface area (Å²) in [7, 11) is 0. The second-order valence-corrected chi connectivity index (χ2v) is 3.96. The molecule has 0 aromatic heterocycles. The van der Waals surface area contributed by atoms with E-state index in [4.69, 9.17) is 15.9 Å². The van der Waals surface area contributed by atoms with Crippen LogP contribution in [0.4, 0.5) is 5.69 Å². The fourth-order valence-corrected chi connectivity index (χ4v) is 1.74. The lowest BCUT2D eigenvalue weighted by atomic mass is 10.1. The number of phenolic OH excluding ortho intramolecular Hbond substituents is 1. The molecule has 1 rings (SSSR count). The maximum absolute atomic E-state index is 11.2. The maximum Gasteiger partial charge on any atom is 0.326 e. The van der Waals surface area contributed by atoms with Gasteiger partial charge < -0.3 is 26.0 Å². The molecule has 5 N–H and O–H groups in total. The quantitative estimate of drug-likeness (QED) is 0.529. The molecule has 0 aliphatic carbocycles. The molecule has 0 spiro atoms. The zero-order valence-corrected chi connectivity index (χ0v) is 10.2. The Morgan fingerprint density at radius 1 is 1.26 bits per heavy atom. The predicted molar refractivity (Wildman–Crippen MR) is 67.8 cm³/mol. The SMILES string of the molecule is NC(=O)C[C@@H](C(=O)O)N(CCO)c1ccc(O)cc1. The molecule has 0 aliphatic rings. The van der Waals surface area contributed by atoms with Gasteiger partial charge in [0.05, 0.1) is 13.0 Å². The fourth-order valence-electron chi connectivity index (χ4n) is 1.74. The number of aliphatic hydroxyl groups is 1. The van der Waals surface area contributed by atoms with E-state index >= 15 is 0 Å². The smallest absolute Gasteiger partial charge is 0.326 e. The van der Waals surface area contributed by atoms with Crippen molar-refractivity contribution >= 4 is 17.6 Å². The molecule has 7 heteroatoms. The van der Waals surface area contributed by atoms with Gasteiger partial charge in [0.15, 0.2) is 0 Å². The lowest BCUT2D eigenvalue weighted by molar-refractivity contribution is -0.140. The van der Waals surface area contributed by atoms with Gasteiger partial charge in [-0.25, -0.2) is 4.79 Å². The van der Waals surface area contributed by atoms with E-state index in [1.54, 1.807) is 0 Å². The van der Waals surface area contributed by atoms with Crippen LogP contribution in [0.3, 0.4) is 0 Å². The molecule has 1 atom stereocenters. The first-order valence-corrected chi connectivity index (χ1v) is 5.63. The van der Waals surface area contributed by atoms with E-state index in [1.807, 2.05) is 0 Å². The number of rotatable bonds is 7. The highest BCUT2D eigenvalue weighted by molar-refractivity contribution is 5.86. The van der Waals surface area contributed by atoms with Crippen molar-refractivity contribution in [1.29, 1.82) is 0 Å². The molecule has 1 amide bonds. The van der Waals surface area contributed by atoms with Crippen LogP contribution < -0.4 is 10.6 Å². The van der Waals surface area contributed by atoms with Gasteiger partial charge in [0.1, 0.15) is 11.8 Å². The minimum atomic E-state index is -1.21. The molecule has 0 bridgehead atoms. The molecule has 0 saturated carbocycles. The van der Waals surface area contributed by atoms with Gasteiger partial charge in [0, 0.05) is 12.2 Å². The number of carbonyl (C=O) groups is 2. The molecule has 0 fully saturated rings. The molecule has 0 heterocycles. The number of nitrogens with two attached hydrogens (primary N) is 1. The average Bonchev–Trinajstić information content (AvgIpc) is 2.34. The third-order valence-corrected chi connectivity index (χ3v) is 2.58. The minimum Gasteiger partial charge on any atom is -0.508 e. The number of carboxylic acid groups (broad SMARTS) is 1. The molecule has 1 aromatic carbocycles. The van der Waals surface area contributed by atoms with Gasteiger partial charge in [0.25, 0.3) is 0 Å². The minimum absolute atomic E-state index is 0.0366. The monoisotopic (exact) mass is 268 g/mol. The van der Waals surface area contributed by atoms with Crippen molar-refractivity contribution in [2.75, 3.05) is 18.1 Å². The number of carboxylic acids is 1. The fraction of sp³-hybridized carbons (Fsp3) is 0.333. The van der Waals surface area contributed by atoms with Crippen LogP contribution in [0.5, 0.6) is 5.75 Å². The van der Waals surface area contributed by atoms with Crippen LogP contribution in [0, 0.1) is 0 Å². The van der Waals surface area contributed by atoms with E-state index in [2.05, 4.69) is 0 Å². The topological polar surface area (TPSA) is 124 Å². The van der Waals surface area contributed by atoms with Crippen LogP contribution in [0.15, 0.2) is 24.3 Å². The molecule has 0 aliphatic heterocycles. The third kappa shape index (κ3) is 4.14. The van der Waals surface area contributed by atoms with Crippen LogP contribution in [-0.2, 0) is 9.59 Å². The Hall–Kier alpha value is -2.28. The second kappa shape index (κ2) is 6.60. The van der Waals surface area contributed by atoms with Gasteiger partial charge in [-0.1, -0.05) is 0 Å². The number of anilines is 1. The van der Waals surface area contributed by atoms with Crippen molar-refractivity contribution < 1.29 is 24.9 Å². The van der Waals surface area contributed by atoms with Gasteiger partial charge in [-0.15, -0.1) is 0 Å². The first-order chi connectivity index (χ1) is 8.95. The van der Waals surface area contributed by atoms with Gasteiger partial charge in [-0.2, -0.15) is 0 Å². The third-order valence-electron chi connectivity index (χ3n) is 2.58. The van der Waals surface area contributed by atoms with Crippen LogP contribution >= 0.6 is 0 Å². The number of hydrogen-bond acceptors (Lipinski definition) is 5. The summed E-state index contributed by atoms with van der Waals surface area (Å²) in [6.07, 6.45) is -0.365. The number of phenols is 1. The molecule has 0 radical (unpaired) electrons. The van der Waals surface area contributed by atoms with E-state index in [-0.39, 0.29) is 25.3 Å². The summed E-state index contributed by atoms with van der Waals surface area (Å²) in [6, 6.07) is 4.63. The number of carbonyl (C=O) groups excluding carboxylic acids is 1. The number of benzene rings is 1. The predicted octanol–water partition coefficient (Wildman–Crippen LogP) is -0.480. The first kappa shape index (κ1) is 14.8. The molecule has 1 aromatic rings. The zero-order valence-electron chi connectivity index (χ0n) is 10.2. The number of hydrogen-bond donors (Lipinski definition) is 4. The molecule has 0 saturated heterocycles. The summed E-state index contributed by atoms with van der Waals surface area (Å²) >= 11 is 0. The highest BCUT2D eigenvalue weighted by Gasteiger charge is 2.27. The van der Waals surface area contributed by atoms with Gasteiger partial charge in [0.2, 0.25) is 5.91 Å². The Kier molecular flexibility index (Phi) is 5.13. The number of nitrogens with zero attached hydrogens (tertiary/aromatic N) is 1. The Balaban J connectivity index is 3.05. The number of aliphatic hydroxyl groups excluding tert-OH is 1. The summed E-state index contributed by atoms with van der Waals surface area (Å²) in [5, 5.41) is 27.4. The summed E-state index contributed by atoms with van der Waals surface area (Å²) in [6.45, 7) is -0.238. The van der Waals surface area contributed by atoms with Crippen molar-refractivity contribution in [2.24, 2.45) is 5.73 Å². The second-order valence-electron chi connectivity index (χ2n) is 3.96. The summed E-state index contributed by atoms with van der Waals surface area (Å²) in [5.41, 5.74) is 5.51. The van der Waals surface area contributed by atoms with E-state index in [0.717, 1.165) is 0 Å².